The summed E-state index contributed by atoms with van der Waals surface area (Å²) in [5, 5.41) is 23.1. The number of amides is 1. The highest BCUT2D eigenvalue weighted by Gasteiger charge is 2.16. The van der Waals surface area contributed by atoms with Gasteiger partial charge in [-0.05, 0) is 30.3 Å². The Kier molecular flexibility index (Phi) is 3.86. The second kappa shape index (κ2) is 5.58. The molecule has 0 fully saturated rings. The van der Waals surface area contributed by atoms with Crippen molar-refractivity contribution in [3.05, 3.63) is 63.2 Å². The van der Waals surface area contributed by atoms with Crippen LogP contribution in [0.25, 0.3) is 0 Å². The van der Waals surface area contributed by atoms with E-state index in [4.69, 9.17) is 11.6 Å². The first kappa shape index (κ1) is 13.8. The minimum absolute atomic E-state index is 0.105. The van der Waals surface area contributed by atoms with Crippen molar-refractivity contribution in [2.45, 2.75) is 0 Å². The van der Waals surface area contributed by atoms with Gasteiger partial charge in [-0.2, -0.15) is 0 Å². The predicted octanol–water partition coefficient (Wildman–Crippen LogP) is 3.21. The summed E-state index contributed by atoms with van der Waals surface area (Å²) >= 11 is 5.79. The van der Waals surface area contributed by atoms with E-state index in [1.54, 1.807) is 24.3 Å². The number of phenolic OH excluding ortho intramolecular Hbond substituents is 1. The van der Waals surface area contributed by atoms with Crippen LogP contribution in [0.5, 0.6) is 5.75 Å². The van der Waals surface area contributed by atoms with Crippen LogP contribution in [0.1, 0.15) is 10.4 Å². The molecule has 0 aliphatic rings. The third-order valence-corrected chi connectivity index (χ3v) is 2.75. The molecule has 6 nitrogen and oxygen atoms in total. The van der Waals surface area contributed by atoms with Crippen molar-refractivity contribution in [1.29, 1.82) is 0 Å². The fraction of sp³-hybridized carbons (Fsp3) is 0. The van der Waals surface area contributed by atoms with Gasteiger partial charge in [0, 0.05) is 22.3 Å². The molecule has 0 radical (unpaired) electrons. The van der Waals surface area contributed by atoms with Gasteiger partial charge in [0.1, 0.15) is 0 Å². The summed E-state index contributed by atoms with van der Waals surface area (Å²) in [6.07, 6.45) is 0. The van der Waals surface area contributed by atoms with Gasteiger partial charge >= 0.3 is 5.69 Å². The van der Waals surface area contributed by atoms with Crippen LogP contribution in [0.4, 0.5) is 11.4 Å². The summed E-state index contributed by atoms with van der Waals surface area (Å²) in [7, 11) is 0. The Morgan fingerprint density at radius 3 is 2.60 bits per heavy atom. The minimum atomic E-state index is -0.728. The minimum Gasteiger partial charge on any atom is -0.502 e. The normalized spacial score (nSPS) is 10.1. The molecule has 0 atom stereocenters. The van der Waals surface area contributed by atoms with Crippen LogP contribution < -0.4 is 5.32 Å². The molecule has 0 bridgehead atoms. The molecule has 2 rings (SSSR count). The molecule has 7 heteroatoms. The SMILES string of the molecule is O=C(Nc1cccc(Cl)c1)c1ccc([N+](=O)[O-])c(O)c1. The van der Waals surface area contributed by atoms with E-state index in [9.17, 15) is 20.0 Å². The van der Waals surface area contributed by atoms with Crippen molar-refractivity contribution in [2.24, 2.45) is 0 Å². The van der Waals surface area contributed by atoms with Gasteiger partial charge in [0.05, 0.1) is 4.92 Å². The summed E-state index contributed by atoms with van der Waals surface area (Å²) in [6.45, 7) is 0. The van der Waals surface area contributed by atoms with Crippen molar-refractivity contribution in [2.75, 3.05) is 5.32 Å². The Morgan fingerprint density at radius 2 is 2.00 bits per heavy atom. The van der Waals surface area contributed by atoms with Crippen LogP contribution >= 0.6 is 11.6 Å². The van der Waals surface area contributed by atoms with Crippen LogP contribution in [0.15, 0.2) is 42.5 Å². The molecule has 2 aromatic carbocycles. The van der Waals surface area contributed by atoms with E-state index in [2.05, 4.69) is 5.32 Å². The number of nitrogens with one attached hydrogen (secondary N) is 1. The van der Waals surface area contributed by atoms with Gasteiger partial charge < -0.3 is 10.4 Å². The van der Waals surface area contributed by atoms with Crippen molar-refractivity contribution in [3.63, 3.8) is 0 Å². The zero-order valence-electron chi connectivity index (χ0n) is 10.0. The second-order valence-corrected chi connectivity index (χ2v) is 4.36. The Labute approximate surface area is 118 Å². The number of halogens is 1. The second-order valence-electron chi connectivity index (χ2n) is 3.93. The van der Waals surface area contributed by atoms with Gasteiger partial charge in [-0.1, -0.05) is 17.7 Å². The smallest absolute Gasteiger partial charge is 0.310 e. The fourth-order valence-electron chi connectivity index (χ4n) is 1.59. The maximum Gasteiger partial charge on any atom is 0.310 e. The van der Waals surface area contributed by atoms with Crippen molar-refractivity contribution < 1.29 is 14.8 Å². The molecule has 0 aliphatic carbocycles. The zero-order valence-corrected chi connectivity index (χ0v) is 10.8. The molecule has 0 unspecified atom stereocenters. The Hall–Kier alpha value is -2.60. The first-order valence-electron chi connectivity index (χ1n) is 5.51. The van der Waals surface area contributed by atoms with Crippen LogP contribution in [0.2, 0.25) is 5.02 Å². The van der Waals surface area contributed by atoms with Gasteiger partial charge in [0.2, 0.25) is 0 Å². The van der Waals surface area contributed by atoms with Gasteiger partial charge in [-0.15, -0.1) is 0 Å². The molecule has 0 aromatic heterocycles. The number of aromatic hydroxyl groups is 1. The molecule has 102 valence electrons. The number of carbonyl (C=O) groups is 1. The van der Waals surface area contributed by atoms with Crippen LogP contribution in [0.3, 0.4) is 0 Å². The number of phenols is 1. The molecule has 0 saturated carbocycles. The molecule has 1 amide bonds. The zero-order chi connectivity index (χ0) is 14.7. The lowest BCUT2D eigenvalue weighted by atomic mass is 10.1. The Bertz CT molecular complexity index is 688. The standard InChI is InChI=1S/C13H9ClN2O4/c14-9-2-1-3-10(7-9)15-13(18)8-4-5-11(16(19)20)12(17)6-8/h1-7,17H,(H,15,18). The molecular weight excluding hydrogens is 284 g/mol. The van der Waals surface area contributed by atoms with Crippen LogP contribution in [-0.4, -0.2) is 15.9 Å². The predicted molar refractivity (Wildman–Crippen MR) is 74.2 cm³/mol. The van der Waals surface area contributed by atoms with Gasteiger partial charge in [0.25, 0.3) is 5.91 Å². The lowest BCUT2D eigenvalue weighted by Gasteiger charge is -2.06. The van der Waals surface area contributed by atoms with Crippen LogP contribution in [-0.2, 0) is 0 Å². The molecule has 2 aromatic rings. The van der Waals surface area contributed by atoms with E-state index >= 15 is 0 Å². The molecule has 0 saturated heterocycles. The number of anilines is 1. The third-order valence-electron chi connectivity index (χ3n) is 2.52. The highest BCUT2D eigenvalue weighted by Crippen LogP contribution is 2.26. The van der Waals surface area contributed by atoms with E-state index in [1.807, 2.05) is 0 Å². The van der Waals surface area contributed by atoms with Crippen LogP contribution in [0, 0.1) is 10.1 Å². The number of nitrogens with zero attached hydrogens (tertiary/aromatic N) is 1. The molecule has 2 N–H and O–H groups in total. The first-order valence-corrected chi connectivity index (χ1v) is 5.89. The van der Waals surface area contributed by atoms with Gasteiger partial charge in [0.15, 0.2) is 5.75 Å². The summed E-state index contributed by atoms with van der Waals surface area (Å²) in [5.41, 5.74) is 0.137. The number of hydrogen-bond donors (Lipinski definition) is 2. The van der Waals surface area contributed by atoms with E-state index < -0.39 is 22.3 Å². The average molecular weight is 293 g/mol. The van der Waals surface area contributed by atoms with Crippen molar-refractivity contribution in [1.82, 2.24) is 0 Å². The molecule has 0 heterocycles. The van der Waals surface area contributed by atoms with Crippen molar-refractivity contribution >= 4 is 28.9 Å². The Morgan fingerprint density at radius 1 is 1.25 bits per heavy atom. The summed E-state index contributed by atoms with van der Waals surface area (Å²) in [4.78, 5) is 21.8. The molecule has 0 aliphatic heterocycles. The average Bonchev–Trinajstić information content (AvgIpc) is 2.38. The molecule has 20 heavy (non-hydrogen) atoms. The number of nitro benzene ring substituents is 1. The summed E-state index contributed by atoms with van der Waals surface area (Å²) in [6, 6.07) is 9.91. The van der Waals surface area contributed by atoms with Gasteiger partial charge in [-0.3, -0.25) is 14.9 Å². The summed E-state index contributed by atoms with van der Waals surface area (Å²) < 4.78 is 0. The van der Waals surface area contributed by atoms with E-state index in [1.165, 1.54) is 6.07 Å². The van der Waals surface area contributed by atoms with Crippen molar-refractivity contribution in [3.8, 4) is 5.75 Å². The number of benzene rings is 2. The highest BCUT2D eigenvalue weighted by molar-refractivity contribution is 6.30. The number of nitro groups is 1. The molecular formula is C13H9ClN2O4. The maximum absolute atomic E-state index is 11.9. The third kappa shape index (κ3) is 3.04. The van der Waals surface area contributed by atoms with E-state index in [-0.39, 0.29) is 5.56 Å². The largest absolute Gasteiger partial charge is 0.502 e. The number of rotatable bonds is 3. The van der Waals surface area contributed by atoms with Gasteiger partial charge in [-0.25, -0.2) is 0 Å². The fourth-order valence-corrected chi connectivity index (χ4v) is 1.78. The first-order chi connectivity index (χ1) is 9.47. The molecule has 0 spiro atoms. The lowest BCUT2D eigenvalue weighted by molar-refractivity contribution is -0.385. The maximum atomic E-state index is 11.9. The summed E-state index contributed by atoms with van der Waals surface area (Å²) in [5.74, 6) is -1.06. The number of hydrogen-bond acceptors (Lipinski definition) is 4. The monoisotopic (exact) mass is 292 g/mol. The van der Waals surface area contributed by atoms with E-state index in [0.717, 1.165) is 12.1 Å². The number of carbonyl (C=O) groups excluding carboxylic acids is 1. The lowest BCUT2D eigenvalue weighted by Crippen LogP contribution is -2.11. The Balaban J connectivity index is 2.22. The van der Waals surface area contributed by atoms with E-state index in [0.29, 0.717) is 10.7 Å². The topological polar surface area (TPSA) is 92.5 Å². The highest BCUT2D eigenvalue weighted by atomic mass is 35.5. The quantitative estimate of drug-likeness (QED) is 0.671.